The Kier molecular flexibility index (Phi) is 3.45. The number of anilines is 1. The number of nitrogens with zero attached hydrogens (tertiary/aromatic N) is 3. The number of furan rings is 1. The fourth-order valence-electron chi connectivity index (χ4n) is 2.32. The van der Waals surface area contributed by atoms with Gasteiger partial charge in [-0.25, -0.2) is 15.0 Å². The minimum absolute atomic E-state index is 0.510. The third kappa shape index (κ3) is 2.31. The van der Waals surface area contributed by atoms with Crippen molar-refractivity contribution in [1.82, 2.24) is 15.0 Å². The van der Waals surface area contributed by atoms with E-state index in [-0.39, 0.29) is 0 Å². The second-order valence-electron chi connectivity index (χ2n) is 5.59. The van der Waals surface area contributed by atoms with Crippen molar-refractivity contribution >= 4 is 39.6 Å². The predicted molar refractivity (Wildman–Crippen MR) is 84.9 cm³/mol. The fourth-order valence-corrected chi connectivity index (χ4v) is 2.46. The van der Waals surface area contributed by atoms with Crippen LogP contribution in [0.2, 0.25) is 5.02 Å². The molecule has 0 saturated heterocycles. The average Bonchev–Trinajstić information content (AvgIpc) is 2.81. The average molecular weight is 305 g/mol. The molecule has 0 saturated carbocycles. The molecule has 3 rings (SSSR count). The minimum atomic E-state index is 0.510. The molecular formula is C15H17ClN4O. The zero-order valence-corrected chi connectivity index (χ0v) is 13.2. The van der Waals surface area contributed by atoms with Crippen molar-refractivity contribution in [3.8, 4) is 0 Å². The normalized spacial score (nSPS) is 11.7. The molecule has 0 amide bonds. The number of hydrogen-bond acceptors (Lipinski definition) is 5. The van der Waals surface area contributed by atoms with Gasteiger partial charge in [-0.05, 0) is 25.3 Å². The number of aromatic nitrogens is 3. The van der Waals surface area contributed by atoms with Crippen molar-refractivity contribution in [1.29, 1.82) is 0 Å². The highest BCUT2D eigenvalue weighted by molar-refractivity contribution is 6.33. The second kappa shape index (κ2) is 5.15. The number of fused-ring (bicyclic) bond motifs is 3. The Morgan fingerprint density at radius 3 is 2.76 bits per heavy atom. The summed E-state index contributed by atoms with van der Waals surface area (Å²) in [6.07, 6.45) is 1.53. The molecule has 0 aromatic carbocycles. The van der Waals surface area contributed by atoms with E-state index in [0.717, 1.165) is 28.7 Å². The van der Waals surface area contributed by atoms with Gasteiger partial charge in [0.25, 0.3) is 0 Å². The fraction of sp³-hybridized carbons (Fsp3) is 0.400. The summed E-state index contributed by atoms with van der Waals surface area (Å²) < 4.78 is 5.88. The van der Waals surface area contributed by atoms with E-state index >= 15 is 0 Å². The van der Waals surface area contributed by atoms with Gasteiger partial charge in [-0.15, -0.1) is 0 Å². The molecule has 110 valence electrons. The van der Waals surface area contributed by atoms with E-state index in [0.29, 0.717) is 28.1 Å². The number of pyridine rings is 1. The van der Waals surface area contributed by atoms with Crippen LogP contribution < -0.4 is 5.32 Å². The Morgan fingerprint density at radius 2 is 2.05 bits per heavy atom. The lowest BCUT2D eigenvalue weighted by Crippen LogP contribution is -2.09. The summed E-state index contributed by atoms with van der Waals surface area (Å²) in [6, 6.07) is 0. The van der Waals surface area contributed by atoms with Gasteiger partial charge < -0.3 is 9.73 Å². The van der Waals surface area contributed by atoms with Crippen LogP contribution in [0.1, 0.15) is 25.1 Å². The van der Waals surface area contributed by atoms with E-state index in [1.54, 1.807) is 0 Å². The van der Waals surface area contributed by atoms with Crippen molar-refractivity contribution in [2.45, 2.75) is 27.7 Å². The van der Waals surface area contributed by atoms with Crippen LogP contribution in [0.15, 0.2) is 10.7 Å². The van der Waals surface area contributed by atoms with Gasteiger partial charge in [0.1, 0.15) is 11.8 Å². The first-order chi connectivity index (χ1) is 9.99. The summed E-state index contributed by atoms with van der Waals surface area (Å²) in [7, 11) is 0. The van der Waals surface area contributed by atoms with Crippen LogP contribution in [0.5, 0.6) is 0 Å². The lowest BCUT2D eigenvalue weighted by atomic mass is 10.1. The van der Waals surface area contributed by atoms with E-state index < -0.39 is 0 Å². The molecule has 1 N–H and O–H groups in total. The lowest BCUT2D eigenvalue weighted by molar-refractivity contribution is 0.646. The first-order valence-electron chi connectivity index (χ1n) is 6.92. The topological polar surface area (TPSA) is 63.8 Å². The minimum Gasteiger partial charge on any atom is -0.432 e. The van der Waals surface area contributed by atoms with Crippen molar-refractivity contribution < 1.29 is 4.42 Å². The molecule has 0 bridgehead atoms. The summed E-state index contributed by atoms with van der Waals surface area (Å²) >= 11 is 6.29. The summed E-state index contributed by atoms with van der Waals surface area (Å²) in [4.78, 5) is 13.0. The van der Waals surface area contributed by atoms with E-state index in [1.165, 1.54) is 6.33 Å². The summed E-state index contributed by atoms with van der Waals surface area (Å²) in [5.74, 6) is 1.20. The van der Waals surface area contributed by atoms with Gasteiger partial charge in [-0.3, -0.25) is 0 Å². The van der Waals surface area contributed by atoms with Crippen LogP contribution in [0.4, 0.5) is 5.82 Å². The van der Waals surface area contributed by atoms with Gasteiger partial charge in [0.2, 0.25) is 5.71 Å². The SMILES string of the molecule is Cc1nc2oc3c(NCC(C)C)ncnc3c2c(C)c1Cl. The van der Waals surface area contributed by atoms with Crippen LogP contribution in [0.3, 0.4) is 0 Å². The molecule has 0 atom stereocenters. The van der Waals surface area contributed by atoms with E-state index in [1.807, 2.05) is 13.8 Å². The van der Waals surface area contributed by atoms with Gasteiger partial charge in [0, 0.05) is 6.54 Å². The first-order valence-corrected chi connectivity index (χ1v) is 7.30. The zero-order chi connectivity index (χ0) is 15.1. The van der Waals surface area contributed by atoms with Gasteiger partial charge in [-0.1, -0.05) is 25.4 Å². The first kappa shape index (κ1) is 14.1. The predicted octanol–water partition coefficient (Wildman–Crippen LogP) is 4.11. The molecule has 0 aliphatic rings. The van der Waals surface area contributed by atoms with Crippen LogP contribution in [-0.4, -0.2) is 21.5 Å². The molecule has 0 aliphatic carbocycles. The molecule has 6 heteroatoms. The number of nitrogens with one attached hydrogen (secondary N) is 1. The molecular weight excluding hydrogens is 288 g/mol. The molecule has 21 heavy (non-hydrogen) atoms. The van der Waals surface area contributed by atoms with Crippen LogP contribution in [-0.2, 0) is 0 Å². The maximum atomic E-state index is 6.29. The molecule has 3 aromatic rings. The van der Waals surface area contributed by atoms with Crippen molar-refractivity contribution in [2.24, 2.45) is 5.92 Å². The van der Waals surface area contributed by atoms with Crippen molar-refractivity contribution in [2.75, 3.05) is 11.9 Å². The number of halogens is 1. The summed E-state index contributed by atoms with van der Waals surface area (Å²) in [5.41, 5.74) is 3.62. The highest BCUT2D eigenvalue weighted by Gasteiger charge is 2.18. The Bertz CT molecular complexity index is 826. The van der Waals surface area contributed by atoms with Gasteiger partial charge in [0.05, 0.1) is 16.1 Å². The third-order valence-electron chi connectivity index (χ3n) is 3.42. The monoisotopic (exact) mass is 304 g/mol. The third-order valence-corrected chi connectivity index (χ3v) is 3.98. The summed E-state index contributed by atoms with van der Waals surface area (Å²) in [6.45, 7) is 8.91. The summed E-state index contributed by atoms with van der Waals surface area (Å²) in [5, 5.41) is 4.80. The molecule has 0 aliphatic heterocycles. The standard InChI is InChI=1S/C15H17ClN4O/c1-7(2)5-17-14-13-12(18-6-19-14)10-8(3)11(16)9(4)20-15(10)21-13/h6-7H,5H2,1-4H3,(H,17,18,19). The van der Waals surface area contributed by atoms with E-state index in [2.05, 4.69) is 34.1 Å². The highest BCUT2D eigenvalue weighted by atomic mass is 35.5. The maximum Gasteiger partial charge on any atom is 0.229 e. The van der Waals surface area contributed by atoms with Crippen molar-refractivity contribution in [3.05, 3.63) is 22.6 Å². The van der Waals surface area contributed by atoms with E-state index in [4.69, 9.17) is 16.0 Å². The number of hydrogen-bond donors (Lipinski definition) is 1. The van der Waals surface area contributed by atoms with E-state index in [9.17, 15) is 0 Å². The van der Waals surface area contributed by atoms with Crippen LogP contribution in [0.25, 0.3) is 22.2 Å². The van der Waals surface area contributed by atoms with Gasteiger partial charge in [0.15, 0.2) is 11.4 Å². The van der Waals surface area contributed by atoms with Gasteiger partial charge >= 0.3 is 0 Å². The smallest absolute Gasteiger partial charge is 0.229 e. The molecule has 0 radical (unpaired) electrons. The Balaban J connectivity index is 2.26. The molecule has 0 spiro atoms. The second-order valence-corrected chi connectivity index (χ2v) is 5.97. The maximum absolute atomic E-state index is 6.29. The zero-order valence-electron chi connectivity index (χ0n) is 12.5. The lowest BCUT2D eigenvalue weighted by Gasteiger charge is -2.07. The molecule has 3 heterocycles. The van der Waals surface area contributed by atoms with Gasteiger partial charge in [-0.2, -0.15) is 0 Å². The molecule has 0 unspecified atom stereocenters. The largest absolute Gasteiger partial charge is 0.432 e. The van der Waals surface area contributed by atoms with Crippen LogP contribution in [0, 0.1) is 19.8 Å². The highest BCUT2D eigenvalue weighted by Crippen LogP contribution is 2.35. The number of rotatable bonds is 3. The Morgan fingerprint density at radius 1 is 1.29 bits per heavy atom. The Hall–Kier alpha value is -1.88. The Labute approximate surface area is 127 Å². The molecule has 3 aromatic heterocycles. The van der Waals surface area contributed by atoms with Crippen molar-refractivity contribution in [3.63, 3.8) is 0 Å². The molecule has 5 nitrogen and oxygen atoms in total. The molecule has 0 fully saturated rings. The van der Waals surface area contributed by atoms with Crippen LogP contribution >= 0.6 is 11.6 Å². The number of aryl methyl sites for hydroxylation is 2. The quantitative estimate of drug-likeness (QED) is 0.789.